The Kier molecular flexibility index (Phi) is 3.37. The van der Waals surface area contributed by atoms with Gasteiger partial charge in [0.15, 0.2) is 0 Å². The molecule has 1 aliphatic carbocycles. The zero-order valence-electron chi connectivity index (χ0n) is 12.3. The second-order valence-corrected chi connectivity index (χ2v) is 7.55. The van der Waals surface area contributed by atoms with Gasteiger partial charge >= 0.3 is 0 Å². The summed E-state index contributed by atoms with van der Waals surface area (Å²) in [5, 5.41) is 9.60. The van der Waals surface area contributed by atoms with E-state index in [2.05, 4.69) is 72.2 Å². The largest absolute Gasteiger partial charge is 0.314 e. The molecule has 1 heterocycles. The summed E-state index contributed by atoms with van der Waals surface area (Å²) in [5.74, 6) is 3.36. The average molecular weight is 314 g/mol. The van der Waals surface area contributed by atoms with E-state index in [1.807, 2.05) is 0 Å². The van der Waals surface area contributed by atoms with E-state index in [4.69, 9.17) is 0 Å². The standard InChI is InChI=1S/C14H24BrN3/c1-9(2)8-18-10(7-15)16-17-12(18)11-13(3,4)14(11,5)6/h9,11H,7-8H2,1-6H3. The van der Waals surface area contributed by atoms with Crippen molar-refractivity contribution < 1.29 is 0 Å². The van der Waals surface area contributed by atoms with Crippen LogP contribution in [0.25, 0.3) is 0 Å². The van der Waals surface area contributed by atoms with Crippen LogP contribution in [0.5, 0.6) is 0 Å². The van der Waals surface area contributed by atoms with Crippen LogP contribution in [0.15, 0.2) is 0 Å². The molecule has 1 aliphatic rings. The quantitative estimate of drug-likeness (QED) is 0.787. The zero-order valence-corrected chi connectivity index (χ0v) is 13.9. The van der Waals surface area contributed by atoms with E-state index in [1.54, 1.807) is 0 Å². The molecule has 0 saturated heterocycles. The van der Waals surface area contributed by atoms with Crippen molar-refractivity contribution in [2.75, 3.05) is 0 Å². The van der Waals surface area contributed by atoms with Crippen LogP contribution in [-0.2, 0) is 11.9 Å². The molecular formula is C14H24BrN3. The van der Waals surface area contributed by atoms with Gasteiger partial charge in [-0.05, 0) is 16.7 Å². The monoisotopic (exact) mass is 313 g/mol. The number of hydrogen-bond donors (Lipinski definition) is 0. The van der Waals surface area contributed by atoms with Crippen LogP contribution in [0.1, 0.15) is 59.1 Å². The molecule has 0 radical (unpaired) electrons. The first kappa shape index (κ1) is 14.0. The summed E-state index contributed by atoms with van der Waals surface area (Å²) in [7, 11) is 0. The summed E-state index contributed by atoms with van der Waals surface area (Å²) in [6.45, 7) is 14.8. The van der Waals surface area contributed by atoms with Crippen molar-refractivity contribution in [3.63, 3.8) is 0 Å². The second kappa shape index (κ2) is 4.32. The lowest BCUT2D eigenvalue weighted by Gasteiger charge is -2.12. The van der Waals surface area contributed by atoms with Crippen molar-refractivity contribution in [3.8, 4) is 0 Å². The van der Waals surface area contributed by atoms with Gasteiger partial charge in [-0.15, -0.1) is 10.2 Å². The van der Waals surface area contributed by atoms with Crippen molar-refractivity contribution in [1.29, 1.82) is 0 Å². The fourth-order valence-electron chi connectivity index (χ4n) is 3.07. The smallest absolute Gasteiger partial charge is 0.143 e. The fourth-order valence-corrected chi connectivity index (χ4v) is 3.48. The van der Waals surface area contributed by atoms with Crippen LogP contribution < -0.4 is 0 Å². The molecular weight excluding hydrogens is 290 g/mol. The maximum absolute atomic E-state index is 4.48. The molecule has 18 heavy (non-hydrogen) atoms. The molecule has 1 saturated carbocycles. The molecule has 0 amide bonds. The van der Waals surface area contributed by atoms with Crippen molar-refractivity contribution >= 4 is 15.9 Å². The van der Waals surface area contributed by atoms with E-state index in [0.29, 0.717) is 22.7 Å². The van der Waals surface area contributed by atoms with Crippen LogP contribution in [0.4, 0.5) is 0 Å². The predicted molar refractivity (Wildman–Crippen MR) is 77.8 cm³/mol. The Morgan fingerprint density at radius 3 is 2.11 bits per heavy atom. The lowest BCUT2D eigenvalue weighted by molar-refractivity contribution is 0.457. The highest BCUT2D eigenvalue weighted by Gasteiger charge is 2.67. The highest BCUT2D eigenvalue weighted by molar-refractivity contribution is 9.08. The predicted octanol–water partition coefficient (Wildman–Crippen LogP) is 3.98. The number of aromatic nitrogens is 3. The maximum Gasteiger partial charge on any atom is 0.143 e. The Labute approximate surface area is 118 Å². The van der Waals surface area contributed by atoms with Gasteiger partial charge in [0.25, 0.3) is 0 Å². The lowest BCUT2D eigenvalue weighted by Crippen LogP contribution is -2.12. The van der Waals surface area contributed by atoms with Crippen LogP contribution in [0.2, 0.25) is 0 Å². The molecule has 1 fully saturated rings. The molecule has 1 aromatic heterocycles. The third-order valence-electron chi connectivity index (χ3n) is 4.80. The Hall–Kier alpha value is -0.380. The Morgan fingerprint density at radius 2 is 1.72 bits per heavy atom. The summed E-state index contributed by atoms with van der Waals surface area (Å²) >= 11 is 3.51. The highest BCUT2D eigenvalue weighted by Crippen LogP contribution is 2.73. The molecule has 0 aliphatic heterocycles. The first-order valence-corrected chi connectivity index (χ1v) is 7.83. The summed E-state index contributed by atoms with van der Waals surface area (Å²) in [6.07, 6.45) is 0. The Morgan fingerprint density at radius 1 is 1.17 bits per heavy atom. The van der Waals surface area contributed by atoms with E-state index in [1.165, 1.54) is 5.82 Å². The minimum absolute atomic E-state index is 0.318. The van der Waals surface area contributed by atoms with Gasteiger partial charge in [-0.1, -0.05) is 57.5 Å². The minimum Gasteiger partial charge on any atom is -0.314 e. The number of alkyl halides is 1. The number of nitrogens with zero attached hydrogens (tertiary/aromatic N) is 3. The third-order valence-corrected chi connectivity index (χ3v) is 5.30. The lowest BCUT2D eigenvalue weighted by atomic mass is 10.0. The van der Waals surface area contributed by atoms with E-state index in [-0.39, 0.29) is 0 Å². The second-order valence-electron chi connectivity index (χ2n) is 6.99. The summed E-state index contributed by atoms with van der Waals surface area (Å²) < 4.78 is 2.32. The Balaban J connectivity index is 2.38. The van der Waals surface area contributed by atoms with E-state index >= 15 is 0 Å². The van der Waals surface area contributed by atoms with Crippen LogP contribution >= 0.6 is 15.9 Å². The number of halogens is 1. The van der Waals surface area contributed by atoms with Crippen LogP contribution in [0.3, 0.4) is 0 Å². The van der Waals surface area contributed by atoms with Gasteiger partial charge in [-0.25, -0.2) is 0 Å². The number of rotatable bonds is 4. The minimum atomic E-state index is 0.318. The topological polar surface area (TPSA) is 30.7 Å². The molecule has 0 bridgehead atoms. The SMILES string of the molecule is CC(C)Cn1c(CBr)nnc1C1C(C)(C)C1(C)C. The molecule has 0 atom stereocenters. The Bertz CT molecular complexity index is 432. The van der Waals surface area contributed by atoms with Crippen LogP contribution in [0, 0.1) is 16.7 Å². The maximum atomic E-state index is 4.48. The molecule has 102 valence electrons. The summed E-state index contributed by atoms with van der Waals surface area (Å²) in [5.41, 5.74) is 0.636. The number of hydrogen-bond acceptors (Lipinski definition) is 2. The normalized spacial score (nSPS) is 21.6. The third kappa shape index (κ3) is 1.93. The van der Waals surface area contributed by atoms with Gasteiger partial charge in [0.1, 0.15) is 11.6 Å². The molecule has 3 nitrogen and oxygen atoms in total. The zero-order chi connectivity index (χ0) is 13.7. The molecule has 0 aromatic carbocycles. The van der Waals surface area contributed by atoms with Crippen molar-refractivity contribution in [2.45, 2.75) is 59.3 Å². The van der Waals surface area contributed by atoms with Gasteiger partial charge in [0, 0.05) is 12.5 Å². The van der Waals surface area contributed by atoms with Gasteiger partial charge in [0.05, 0.1) is 5.33 Å². The van der Waals surface area contributed by atoms with E-state index in [0.717, 1.165) is 17.7 Å². The van der Waals surface area contributed by atoms with Gasteiger partial charge in [-0.2, -0.15) is 0 Å². The van der Waals surface area contributed by atoms with Crippen LogP contribution in [-0.4, -0.2) is 14.8 Å². The molecule has 1 aromatic rings. The average Bonchev–Trinajstić information content (AvgIpc) is 2.57. The van der Waals surface area contributed by atoms with Crippen molar-refractivity contribution in [2.24, 2.45) is 16.7 Å². The molecule has 0 unspecified atom stereocenters. The molecule has 4 heteroatoms. The van der Waals surface area contributed by atoms with E-state index < -0.39 is 0 Å². The molecule has 0 spiro atoms. The first-order valence-electron chi connectivity index (χ1n) is 6.71. The van der Waals surface area contributed by atoms with Gasteiger partial charge in [0.2, 0.25) is 0 Å². The van der Waals surface area contributed by atoms with Crippen molar-refractivity contribution in [1.82, 2.24) is 14.8 Å². The van der Waals surface area contributed by atoms with Crippen molar-refractivity contribution in [3.05, 3.63) is 11.6 Å². The molecule has 2 rings (SSSR count). The fraction of sp³-hybridized carbons (Fsp3) is 0.857. The first-order chi connectivity index (χ1) is 8.23. The van der Waals surface area contributed by atoms with Gasteiger partial charge in [-0.3, -0.25) is 0 Å². The summed E-state index contributed by atoms with van der Waals surface area (Å²) in [6, 6.07) is 0. The van der Waals surface area contributed by atoms with Gasteiger partial charge < -0.3 is 4.57 Å². The highest BCUT2D eigenvalue weighted by atomic mass is 79.9. The molecule has 0 N–H and O–H groups in total. The van der Waals surface area contributed by atoms with E-state index in [9.17, 15) is 0 Å². The summed E-state index contributed by atoms with van der Waals surface area (Å²) in [4.78, 5) is 0.